The lowest BCUT2D eigenvalue weighted by atomic mass is 9.95. The number of nitrogens with zero attached hydrogens (tertiary/aromatic N) is 1. The molecule has 0 bridgehead atoms. The second kappa shape index (κ2) is 5.41. The largest absolute Gasteiger partial charge is 0.271 e. The van der Waals surface area contributed by atoms with E-state index in [2.05, 4.69) is 53.7 Å². The lowest BCUT2D eigenvalue weighted by Crippen LogP contribution is -2.29. The van der Waals surface area contributed by atoms with Gasteiger partial charge in [-0.15, -0.1) is 0 Å². The molecule has 1 aromatic heterocycles. The van der Waals surface area contributed by atoms with Crippen LogP contribution in [0.2, 0.25) is 0 Å². The van der Waals surface area contributed by atoms with Crippen molar-refractivity contribution in [2.45, 2.75) is 13.0 Å². The molecule has 3 nitrogen and oxygen atoms in total. The molecule has 3 N–H and O–H groups in total. The average molecular weight is 263 g/mol. The first-order valence-electron chi connectivity index (χ1n) is 6.66. The summed E-state index contributed by atoms with van der Waals surface area (Å²) in [6, 6.07) is 18.5. The molecule has 0 aliphatic carbocycles. The maximum atomic E-state index is 5.81. The van der Waals surface area contributed by atoms with Gasteiger partial charge in [-0.3, -0.25) is 10.8 Å². The zero-order valence-corrected chi connectivity index (χ0v) is 11.4. The minimum absolute atomic E-state index is 0.0391. The van der Waals surface area contributed by atoms with Gasteiger partial charge < -0.3 is 0 Å². The lowest BCUT2D eigenvalue weighted by molar-refractivity contribution is 0.640. The summed E-state index contributed by atoms with van der Waals surface area (Å²) in [7, 11) is 0. The molecule has 0 saturated carbocycles. The fourth-order valence-electron chi connectivity index (χ4n) is 2.59. The first kappa shape index (κ1) is 12.8. The monoisotopic (exact) mass is 263 g/mol. The number of fused-ring (bicyclic) bond motifs is 1. The van der Waals surface area contributed by atoms with Gasteiger partial charge in [0.05, 0.1) is 11.6 Å². The highest BCUT2D eigenvalue weighted by Crippen LogP contribution is 2.27. The summed E-state index contributed by atoms with van der Waals surface area (Å²) in [6.45, 7) is 2.09. The SMILES string of the molecule is Cc1cccc(C(NN)c2cccc3ncccc23)c1. The summed E-state index contributed by atoms with van der Waals surface area (Å²) < 4.78 is 0. The van der Waals surface area contributed by atoms with E-state index in [1.165, 1.54) is 5.56 Å². The topological polar surface area (TPSA) is 50.9 Å². The van der Waals surface area contributed by atoms with Crippen LogP contribution in [0.4, 0.5) is 0 Å². The van der Waals surface area contributed by atoms with Crippen LogP contribution in [0.3, 0.4) is 0 Å². The minimum Gasteiger partial charge on any atom is -0.271 e. The predicted octanol–water partition coefficient (Wildman–Crippen LogP) is 3.10. The van der Waals surface area contributed by atoms with Crippen molar-refractivity contribution in [2.24, 2.45) is 5.84 Å². The Hall–Kier alpha value is -2.23. The van der Waals surface area contributed by atoms with E-state index in [1.54, 1.807) is 0 Å². The Bertz CT molecular complexity index is 732. The molecular weight excluding hydrogens is 246 g/mol. The number of aryl methyl sites for hydroxylation is 1. The summed E-state index contributed by atoms with van der Waals surface area (Å²) >= 11 is 0. The molecule has 1 atom stereocenters. The molecule has 2 aromatic carbocycles. The van der Waals surface area contributed by atoms with Crippen molar-refractivity contribution >= 4 is 10.9 Å². The molecule has 0 spiro atoms. The third-order valence-electron chi connectivity index (χ3n) is 3.53. The van der Waals surface area contributed by atoms with Gasteiger partial charge in [0.25, 0.3) is 0 Å². The van der Waals surface area contributed by atoms with Crippen molar-refractivity contribution in [2.75, 3.05) is 0 Å². The number of rotatable bonds is 3. The standard InChI is InChI=1S/C17H17N3/c1-12-5-2-6-13(11-12)17(20-18)15-7-3-9-16-14(15)8-4-10-19-16/h2-11,17,20H,18H2,1H3. The third-order valence-corrected chi connectivity index (χ3v) is 3.53. The van der Waals surface area contributed by atoms with Crippen LogP contribution in [0, 0.1) is 6.92 Å². The molecule has 100 valence electrons. The number of hydrazine groups is 1. The number of nitrogens with two attached hydrogens (primary N) is 1. The van der Waals surface area contributed by atoms with E-state index >= 15 is 0 Å². The number of hydrogen-bond donors (Lipinski definition) is 2. The molecule has 3 rings (SSSR count). The Morgan fingerprint density at radius 2 is 1.90 bits per heavy atom. The van der Waals surface area contributed by atoms with Crippen molar-refractivity contribution in [1.29, 1.82) is 0 Å². The van der Waals surface area contributed by atoms with Crippen LogP contribution in [-0.2, 0) is 0 Å². The smallest absolute Gasteiger partial charge is 0.0716 e. The van der Waals surface area contributed by atoms with Crippen LogP contribution in [0.5, 0.6) is 0 Å². The Labute approximate surface area is 118 Å². The summed E-state index contributed by atoms with van der Waals surface area (Å²) in [6.07, 6.45) is 1.81. The van der Waals surface area contributed by atoms with Crippen molar-refractivity contribution < 1.29 is 0 Å². The van der Waals surface area contributed by atoms with Crippen LogP contribution in [0.15, 0.2) is 60.8 Å². The normalized spacial score (nSPS) is 12.5. The van der Waals surface area contributed by atoms with Crippen molar-refractivity contribution in [3.05, 3.63) is 77.5 Å². The molecule has 20 heavy (non-hydrogen) atoms. The fraction of sp³-hybridized carbons (Fsp3) is 0.118. The highest BCUT2D eigenvalue weighted by molar-refractivity contribution is 5.82. The van der Waals surface area contributed by atoms with Gasteiger partial charge in [-0.1, -0.05) is 48.0 Å². The van der Waals surface area contributed by atoms with E-state index in [0.29, 0.717) is 0 Å². The van der Waals surface area contributed by atoms with E-state index in [1.807, 2.05) is 24.4 Å². The number of aromatic nitrogens is 1. The predicted molar refractivity (Wildman–Crippen MR) is 82.1 cm³/mol. The Balaban J connectivity index is 2.17. The van der Waals surface area contributed by atoms with E-state index in [0.717, 1.165) is 22.0 Å². The lowest BCUT2D eigenvalue weighted by Gasteiger charge is -2.19. The minimum atomic E-state index is -0.0391. The highest BCUT2D eigenvalue weighted by Gasteiger charge is 2.15. The first-order valence-corrected chi connectivity index (χ1v) is 6.66. The summed E-state index contributed by atoms with van der Waals surface area (Å²) in [5.74, 6) is 5.81. The van der Waals surface area contributed by atoms with Crippen LogP contribution < -0.4 is 11.3 Å². The average Bonchev–Trinajstić information content (AvgIpc) is 2.48. The fourth-order valence-corrected chi connectivity index (χ4v) is 2.59. The second-order valence-electron chi connectivity index (χ2n) is 4.93. The molecule has 0 radical (unpaired) electrons. The van der Waals surface area contributed by atoms with E-state index in [4.69, 9.17) is 5.84 Å². The summed E-state index contributed by atoms with van der Waals surface area (Å²) in [5, 5.41) is 1.12. The molecule has 3 heteroatoms. The zero-order chi connectivity index (χ0) is 13.9. The molecular formula is C17H17N3. The highest BCUT2D eigenvalue weighted by atomic mass is 15.2. The van der Waals surface area contributed by atoms with Crippen molar-refractivity contribution in [3.8, 4) is 0 Å². The Morgan fingerprint density at radius 1 is 1.05 bits per heavy atom. The van der Waals surface area contributed by atoms with Gasteiger partial charge in [0.2, 0.25) is 0 Å². The van der Waals surface area contributed by atoms with Gasteiger partial charge in [-0.05, 0) is 30.2 Å². The van der Waals surface area contributed by atoms with E-state index in [-0.39, 0.29) is 6.04 Å². The second-order valence-corrected chi connectivity index (χ2v) is 4.93. The van der Waals surface area contributed by atoms with Crippen LogP contribution in [0.25, 0.3) is 10.9 Å². The van der Waals surface area contributed by atoms with Crippen molar-refractivity contribution in [3.63, 3.8) is 0 Å². The number of benzene rings is 2. The molecule has 0 aliphatic heterocycles. The van der Waals surface area contributed by atoms with Crippen LogP contribution >= 0.6 is 0 Å². The van der Waals surface area contributed by atoms with E-state index < -0.39 is 0 Å². The molecule has 0 amide bonds. The molecule has 1 heterocycles. The van der Waals surface area contributed by atoms with Crippen molar-refractivity contribution in [1.82, 2.24) is 10.4 Å². The molecule has 0 fully saturated rings. The maximum Gasteiger partial charge on any atom is 0.0716 e. The number of hydrogen-bond acceptors (Lipinski definition) is 3. The van der Waals surface area contributed by atoms with Gasteiger partial charge >= 0.3 is 0 Å². The van der Waals surface area contributed by atoms with E-state index in [9.17, 15) is 0 Å². The van der Waals surface area contributed by atoms with Crippen LogP contribution in [-0.4, -0.2) is 4.98 Å². The van der Waals surface area contributed by atoms with Crippen LogP contribution in [0.1, 0.15) is 22.7 Å². The number of pyridine rings is 1. The third kappa shape index (κ3) is 2.29. The number of nitrogens with one attached hydrogen (secondary N) is 1. The van der Waals surface area contributed by atoms with Gasteiger partial charge in [-0.2, -0.15) is 0 Å². The van der Waals surface area contributed by atoms with Gasteiger partial charge in [0.15, 0.2) is 0 Å². The molecule has 3 aromatic rings. The molecule has 0 saturated heterocycles. The molecule has 0 aliphatic rings. The Morgan fingerprint density at radius 3 is 2.70 bits per heavy atom. The van der Waals surface area contributed by atoms with Gasteiger partial charge in [0.1, 0.15) is 0 Å². The quantitative estimate of drug-likeness (QED) is 0.564. The van der Waals surface area contributed by atoms with Gasteiger partial charge in [0, 0.05) is 11.6 Å². The summed E-state index contributed by atoms with van der Waals surface area (Å²) in [4.78, 5) is 4.40. The van der Waals surface area contributed by atoms with Gasteiger partial charge in [-0.25, -0.2) is 5.43 Å². The molecule has 1 unspecified atom stereocenters. The first-order chi connectivity index (χ1) is 9.79. The zero-order valence-electron chi connectivity index (χ0n) is 11.4. The Kier molecular flexibility index (Phi) is 3.46. The maximum absolute atomic E-state index is 5.81. The summed E-state index contributed by atoms with van der Waals surface area (Å²) in [5.41, 5.74) is 7.43.